The normalized spacial score (nSPS) is 13.0. The number of aromatic nitrogens is 3. The quantitative estimate of drug-likeness (QED) is 0.249. The zero-order chi connectivity index (χ0) is 21.1. The van der Waals surface area contributed by atoms with Crippen molar-refractivity contribution in [3.05, 3.63) is 41.7 Å². The van der Waals surface area contributed by atoms with E-state index >= 15 is 0 Å². The first-order valence-electron chi connectivity index (χ1n) is 11.6. The van der Waals surface area contributed by atoms with E-state index < -0.39 is 0 Å². The third-order valence-corrected chi connectivity index (χ3v) is 6.46. The van der Waals surface area contributed by atoms with Gasteiger partial charge in [-0.2, -0.15) is 0 Å². The predicted molar refractivity (Wildman–Crippen MR) is 127 cm³/mol. The Morgan fingerprint density at radius 2 is 1.52 bits per heavy atom. The van der Waals surface area contributed by atoms with Gasteiger partial charge in [-0.15, -0.1) is 10.2 Å². The molecule has 0 N–H and O–H groups in total. The van der Waals surface area contributed by atoms with Crippen molar-refractivity contribution >= 4 is 11.8 Å². The molecule has 2 aromatic rings. The van der Waals surface area contributed by atoms with Gasteiger partial charge in [-0.3, -0.25) is 0 Å². The summed E-state index contributed by atoms with van der Waals surface area (Å²) in [5.41, 5.74) is 1.27. The van der Waals surface area contributed by atoms with Crippen LogP contribution in [-0.4, -0.2) is 20.0 Å². The average molecular weight is 416 g/mol. The smallest absolute Gasteiger partial charge is 0.191 e. The van der Waals surface area contributed by atoms with E-state index in [2.05, 4.69) is 79.7 Å². The number of hydrogen-bond acceptors (Lipinski definition) is 3. The summed E-state index contributed by atoms with van der Waals surface area (Å²) < 4.78 is 2.34. The van der Waals surface area contributed by atoms with Crippen LogP contribution in [0, 0.1) is 0 Å². The summed E-state index contributed by atoms with van der Waals surface area (Å²) in [7, 11) is 0. The lowest BCUT2D eigenvalue weighted by atomic mass is 10.1. The second kappa shape index (κ2) is 12.4. The first kappa shape index (κ1) is 24.0. The average Bonchev–Trinajstić information content (AvgIpc) is 3.07. The molecular weight excluding hydrogens is 374 g/mol. The molecular formula is C25H41N3S. The molecule has 0 bridgehead atoms. The van der Waals surface area contributed by atoms with Crippen LogP contribution in [0.3, 0.4) is 0 Å². The lowest BCUT2D eigenvalue weighted by Gasteiger charge is -2.25. The summed E-state index contributed by atoms with van der Waals surface area (Å²) in [6.07, 6.45) is 13.1. The second-order valence-electron chi connectivity index (χ2n) is 9.26. The van der Waals surface area contributed by atoms with Crippen molar-refractivity contribution in [3.63, 3.8) is 0 Å². The van der Waals surface area contributed by atoms with Crippen molar-refractivity contribution < 1.29 is 0 Å². The Kier molecular flexibility index (Phi) is 10.3. The maximum Gasteiger partial charge on any atom is 0.191 e. The Labute approximate surface area is 183 Å². The highest BCUT2D eigenvalue weighted by atomic mass is 32.2. The van der Waals surface area contributed by atoms with E-state index in [-0.39, 0.29) is 5.54 Å². The second-order valence-corrected chi connectivity index (χ2v) is 10.7. The molecule has 0 aliphatic rings. The maximum atomic E-state index is 4.58. The van der Waals surface area contributed by atoms with Crippen molar-refractivity contribution in [1.29, 1.82) is 0 Å². The van der Waals surface area contributed by atoms with E-state index in [0.717, 1.165) is 17.4 Å². The third-order valence-electron chi connectivity index (χ3n) is 5.35. The molecule has 0 aliphatic heterocycles. The first-order chi connectivity index (χ1) is 13.9. The Morgan fingerprint density at radius 3 is 2.14 bits per heavy atom. The minimum atomic E-state index is -0.0197. The highest BCUT2D eigenvalue weighted by Crippen LogP contribution is 2.31. The monoisotopic (exact) mass is 415 g/mol. The van der Waals surface area contributed by atoms with Crippen LogP contribution < -0.4 is 0 Å². The molecule has 3 nitrogen and oxygen atoms in total. The van der Waals surface area contributed by atoms with E-state index in [1.807, 2.05) is 11.8 Å². The van der Waals surface area contributed by atoms with Gasteiger partial charge in [0.1, 0.15) is 5.82 Å². The van der Waals surface area contributed by atoms with Gasteiger partial charge in [-0.25, -0.2) is 0 Å². The lowest BCUT2D eigenvalue weighted by molar-refractivity contribution is 0.356. The number of rotatable bonds is 13. The topological polar surface area (TPSA) is 30.7 Å². The van der Waals surface area contributed by atoms with E-state index in [1.165, 1.54) is 63.4 Å². The molecule has 0 saturated heterocycles. The van der Waals surface area contributed by atoms with E-state index in [9.17, 15) is 0 Å². The summed E-state index contributed by atoms with van der Waals surface area (Å²) in [6.45, 7) is 11.4. The van der Waals surface area contributed by atoms with Crippen LogP contribution in [0.1, 0.15) is 104 Å². The summed E-state index contributed by atoms with van der Waals surface area (Å²) in [5.74, 6) is 1.06. The van der Waals surface area contributed by atoms with Gasteiger partial charge in [-0.1, -0.05) is 107 Å². The summed E-state index contributed by atoms with van der Waals surface area (Å²) in [5, 5.41) is 10.8. The fourth-order valence-corrected chi connectivity index (χ4v) is 4.97. The molecule has 0 amide bonds. The van der Waals surface area contributed by atoms with Crippen molar-refractivity contribution in [2.24, 2.45) is 0 Å². The molecule has 1 aromatic carbocycles. The van der Waals surface area contributed by atoms with Gasteiger partial charge < -0.3 is 4.57 Å². The number of thioether (sulfide) groups is 1. The molecule has 1 heterocycles. The molecule has 2 rings (SSSR count). The van der Waals surface area contributed by atoms with Crippen molar-refractivity contribution in [2.75, 3.05) is 0 Å². The zero-order valence-corrected chi connectivity index (χ0v) is 20.1. The van der Waals surface area contributed by atoms with Crippen LogP contribution in [-0.2, 0) is 12.0 Å². The van der Waals surface area contributed by atoms with E-state index in [1.54, 1.807) is 0 Å². The molecule has 29 heavy (non-hydrogen) atoms. The molecule has 0 fully saturated rings. The zero-order valence-electron chi connectivity index (χ0n) is 19.3. The number of hydrogen-bond donors (Lipinski definition) is 0. The fourth-order valence-electron chi connectivity index (χ4n) is 3.75. The molecule has 1 aromatic heterocycles. The number of unbranched alkanes of at least 4 members (excludes halogenated alkanes) is 7. The first-order valence-corrected chi connectivity index (χ1v) is 12.4. The van der Waals surface area contributed by atoms with Crippen LogP contribution in [0.25, 0.3) is 0 Å². The highest BCUT2D eigenvalue weighted by molar-refractivity contribution is 7.99. The molecule has 0 spiro atoms. The minimum Gasteiger partial charge on any atom is -0.300 e. The largest absolute Gasteiger partial charge is 0.300 e. The summed E-state index contributed by atoms with van der Waals surface area (Å²) in [4.78, 5) is 0. The van der Waals surface area contributed by atoms with Gasteiger partial charge in [0.05, 0.1) is 0 Å². The third kappa shape index (κ3) is 8.54. The van der Waals surface area contributed by atoms with Gasteiger partial charge in [-0.05, 0) is 32.8 Å². The van der Waals surface area contributed by atoms with Crippen LogP contribution in [0.2, 0.25) is 0 Å². The Balaban J connectivity index is 1.86. The van der Waals surface area contributed by atoms with E-state index in [4.69, 9.17) is 0 Å². The Hall–Kier alpha value is -1.29. The number of nitrogens with zero attached hydrogens (tertiary/aromatic N) is 3. The molecule has 0 radical (unpaired) electrons. The number of benzene rings is 1. The summed E-state index contributed by atoms with van der Waals surface area (Å²) in [6, 6.07) is 10.6. The van der Waals surface area contributed by atoms with Crippen molar-refractivity contribution in [2.45, 2.75) is 115 Å². The van der Waals surface area contributed by atoms with Crippen molar-refractivity contribution in [3.8, 4) is 0 Å². The van der Waals surface area contributed by atoms with E-state index in [0.29, 0.717) is 5.25 Å². The van der Waals surface area contributed by atoms with Crippen molar-refractivity contribution in [1.82, 2.24) is 14.8 Å². The molecule has 0 aliphatic carbocycles. The molecule has 162 valence electrons. The van der Waals surface area contributed by atoms with Crippen LogP contribution in [0.5, 0.6) is 0 Å². The van der Waals surface area contributed by atoms with Gasteiger partial charge >= 0.3 is 0 Å². The molecule has 4 heteroatoms. The van der Waals surface area contributed by atoms with Crippen LogP contribution in [0.15, 0.2) is 35.5 Å². The van der Waals surface area contributed by atoms with Crippen LogP contribution in [0.4, 0.5) is 0 Å². The van der Waals surface area contributed by atoms with Gasteiger partial charge in [0.2, 0.25) is 0 Å². The summed E-state index contributed by atoms with van der Waals surface area (Å²) >= 11 is 1.89. The predicted octanol–water partition coefficient (Wildman–Crippen LogP) is 7.64. The molecule has 0 saturated carbocycles. The van der Waals surface area contributed by atoms with Gasteiger partial charge in [0, 0.05) is 17.2 Å². The molecule has 1 atom stereocenters. The Morgan fingerprint density at radius 1 is 0.897 bits per heavy atom. The SMILES string of the molecule is CCCCCCCCCCC(C)Sc1nnc(Cc2ccccc2)n1C(C)(C)C. The lowest BCUT2D eigenvalue weighted by Crippen LogP contribution is -2.25. The molecule has 1 unspecified atom stereocenters. The highest BCUT2D eigenvalue weighted by Gasteiger charge is 2.24. The fraction of sp³-hybridized carbons (Fsp3) is 0.680. The Bertz CT molecular complexity index is 688. The minimum absolute atomic E-state index is 0.0197. The standard InChI is InChI=1S/C25H41N3S/c1-6-7-8-9-10-11-12-14-17-21(2)29-24-27-26-23(28(24)25(3,4)5)20-22-18-15-13-16-19-22/h13,15-16,18-19,21H,6-12,14,17,20H2,1-5H3. The van der Waals surface area contributed by atoms with Crippen LogP contribution >= 0.6 is 11.8 Å². The van der Waals surface area contributed by atoms with Gasteiger partial charge in [0.15, 0.2) is 5.16 Å². The maximum absolute atomic E-state index is 4.58. The van der Waals surface area contributed by atoms with Gasteiger partial charge in [0.25, 0.3) is 0 Å².